The van der Waals surface area contributed by atoms with Gasteiger partial charge in [-0.15, -0.1) is 0 Å². The normalized spacial score (nSPS) is 19.8. The van der Waals surface area contributed by atoms with Crippen LogP contribution in [0.2, 0.25) is 5.02 Å². The SMILES string of the molecule is N#CCC1(c2ccc(Cl)cc2)CCN(I)CC1. The van der Waals surface area contributed by atoms with E-state index in [-0.39, 0.29) is 5.41 Å². The molecule has 2 rings (SSSR count). The van der Waals surface area contributed by atoms with Crippen molar-refractivity contribution in [1.82, 2.24) is 3.11 Å². The van der Waals surface area contributed by atoms with Crippen molar-refractivity contribution < 1.29 is 0 Å². The van der Waals surface area contributed by atoms with Crippen LogP contribution in [0.1, 0.15) is 24.8 Å². The van der Waals surface area contributed by atoms with E-state index in [0.29, 0.717) is 6.42 Å². The fourth-order valence-corrected chi connectivity index (χ4v) is 3.04. The standard InChI is InChI=1S/C13H14ClIN2/c14-12-3-1-11(2-4-12)13(5-8-16)6-9-17(15)10-7-13/h1-4H,5-7,9-10H2. The predicted molar refractivity (Wildman–Crippen MR) is 78.2 cm³/mol. The molecule has 0 saturated carbocycles. The molecule has 0 aromatic heterocycles. The van der Waals surface area contributed by atoms with E-state index in [4.69, 9.17) is 16.9 Å². The highest BCUT2D eigenvalue weighted by atomic mass is 127. The maximum atomic E-state index is 9.07. The van der Waals surface area contributed by atoms with Crippen LogP contribution in [0.25, 0.3) is 0 Å². The molecule has 1 saturated heterocycles. The molecule has 17 heavy (non-hydrogen) atoms. The summed E-state index contributed by atoms with van der Waals surface area (Å²) < 4.78 is 2.29. The van der Waals surface area contributed by atoms with Gasteiger partial charge in [-0.1, -0.05) is 23.7 Å². The summed E-state index contributed by atoms with van der Waals surface area (Å²) in [6.45, 7) is 2.09. The zero-order chi connectivity index (χ0) is 12.3. The first kappa shape index (κ1) is 13.1. The summed E-state index contributed by atoms with van der Waals surface area (Å²) in [4.78, 5) is 0. The van der Waals surface area contributed by atoms with E-state index in [9.17, 15) is 0 Å². The molecule has 1 aromatic carbocycles. The lowest BCUT2D eigenvalue weighted by Gasteiger charge is -2.39. The Bertz CT molecular complexity index is 416. The molecule has 2 nitrogen and oxygen atoms in total. The highest BCUT2D eigenvalue weighted by Crippen LogP contribution is 2.39. The molecule has 1 heterocycles. The Balaban J connectivity index is 2.28. The topological polar surface area (TPSA) is 27.0 Å². The number of piperidine rings is 1. The molecule has 1 aliphatic rings. The van der Waals surface area contributed by atoms with Crippen LogP contribution in [0.4, 0.5) is 0 Å². The van der Waals surface area contributed by atoms with E-state index >= 15 is 0 Å². The summed E-state index contributed by atoms with van der Waals surface area (Å²) in [5.74, 6) is 0. The Labute approximate surface area is 121 Å². The maximum absolute atomic E-state index is 9.07. The number of halogens is 2. The van der Waals surface area contributed by atoms with Gasteiger partial charge in [-0.3, -0.25) is 0 Å². The van der Waals surface area contributed by atoms with Gasteiger partial charge in [-0.2, -0.15) is 5.26 Å². The first-order chi connectivity index (χ1) is 8.16. The Morgan fingerprint density at radius 1 is 1.29 bits per heavy atom. The largest absolute Gasteiger partial charge is 0.247 e. The summed E-state index contributed by atoms with van der Waals surface area (Å²) in [5.41, 5.74) is 1.29. The second kappa shape index (κ2) is 5.55. The molecular formula is C13H14ClIN2. The van der Waals surface area contributed by atoms with Crippen LogP contribution in [0.5, 0.6) is 0 Å². The highest BCUT2D eigenvalue weighted by Gasteiger charge is 2.35. The average molecular weight is 361 g/mol. The lowest BCUT2D eigenvalue weighted by Crippen LogP contribution is -2.38. The molecule has 4 heteroatoms. The van der Waals surface area contributed by atoms with Crippen LogP contribution >= 0.6 is 34.5 Å². The van der Waals surface area contributed by atoms with Crippen molar-refractivity contribution in [2.75, 3.05) is 13.1 Å². The Morgan fingerprint density at radius 3 is 2.41 bits per heavy atom. The molecule has 0 N–H and O–H groups in total. The van der Waals surface area contributed by atoms with Crippen LogP contribution in [-0.2, 0) is 5.41 Å². The lowest BCUT2D eigenvalue weighted by atomic mass is 9.71. The summed E-state index contributed by atoms with van der Waals surface area (Å²) in [6.07, 6.45) is 2.69. The van der Waals surface area contributed by atoms with Gasteiger partial charge in [0.05, 0.1) is 6.07 Å². The Kier molecular flexibility index (Phi) is 4.29. The number of rotatable bonds is 2. The van der Waals surface area contributed by atoms with Gasteiger partial charge >= 0.3 is 0 Å². The van der Waals surface area contributed by atoms with Gasteiger partial charge in [-0.05, 0) is 30.5 Å². The summed E-state index contributed by atoms with van der Waals surface area (Å²) in [5, 5.41) is 9.83. The van der Waals surface area contributed by atoms with E-state index < -0.39 is 0 Å². The zero-order valence-electron chi connectivity index (χ0n) is 9.50. The molecule has 0 spiro atoms. The average Bonchev–Trinajstić information content (AvgIpc) is 2.34. The number of hydrogen-bond acceptors (Lipinski definition) is 2. The van der Waals surface area contributed by atoms with Crippen LogP contribution < -0.4 is 0 Å². The zero-order valence-corrected chi connectivity index (χ0v) is 12.4. The van der Waals surface area contributed by atoms with Crippen LogP contribution in [0.15, 0.2) is 24.3 Å². The van der Waals surface area contributed by atoms with Crippen LogP contribution in [0.3, 0.4) is 0 Å². The van der Waals surface area contributed by atoms with Crippen LogP contribution in [0, 0.1) is 11.3 Å². The van der Waals surface area contributed by atoms with Gasteiger partial charge in [0, 0.05) is 52.8 Å². The van der Waals surface area contributed by atoms with Gasteiger partial charge in [0.1, 0.15) is 0 Å². The minimum atomic E-state index is 0.0288. The maximum Gasteiger partial charge on any atom is 0.0631 e. The molecular weight excluding hydrogens is 347 g/mol. The minimum absolute atomic E-state index is 0.0288. The number of hydrogen-bond donors (Lipinski definition) is 0. The fourth-order valence-electron chi connectivity index (χ4n) is 2.43. The van der Waals surface area contributed by atoms with Gasteiger partial charge in [0.25, 0.3) is 0 Å². The van der Waals surface area contributed by atoms with E-state index in [2.05, 4.69) is 44.2 Å². The summed E-state index contributed by atoms with van der Waals surface area (Å²) in [6, 6.07) is 10.3. The fraction of sp³-hybridized carbons (Fsp3) is 0.462. The molecule has 0 amide bonds. The third-order valence-electron chi connectivity index (χ3n) is 3.54. The molecule has 0 atom stereocenters. The van der Waals surface area contributed by atoms with E-state index in [1.54, 1.807) is 0 Å². The first-order valence-electron chi connectivity index (χ1n) is 5.70. The van der Waals surface area contributed by atoms with Crippen LogP contribution in [-0.4, -0.2) is 16.2 Å². The summed E-state index contributed by atoms with van der Waals surface area (Å²) in [7, 11) is 0. The Morgan fingerprint density at radius 2 is 1.88 bits per heavy atom. The van der Waals surface area contributed by atoms with Crippen molar-refractivity contribution >= 4 is 34.5 Å². The predicted octanol–water partition coefficient (Wildman–Crippen LogP) is 3.94. The van der Waals surface area contributed by atoms with Crippen molar-refractivity contribution in [3.05, 3.63) is 34.9 Å². The van der Waals surface area contributed by atoms with Gasteiger partial charge < -0.3 is 0 Å². The molecule has 90 valence electrons. The van der Waals surface area contributed by atoms with Crippen molar-refractivity contribution in [3.63, 3.8) is 0 Å². The third kappa shape index (κ3) is 2.93. The molecule has 0 radical (unpaired) electrons. The van der Waals surface area contributed by atoms with Gasteiger partial charge in [0.15, 0.2) is 0 Å². The summed E-state index contributed by atoms with van der Waals surface area (Å²) >= 11 is 8.28. The second-order valence-corrected chi connectivity index (χ2v) is 6.33. The van der Waals surface area contributed by atoms with E-state index in [1.807, 2.05) is 12.1 Å². The van der Waals surface area contributed by atoms with Crippen molar-refractivity contribution in [1.29, 1.82) is 5.26 Å². The number of benzene rings is 1. The lowest BCUT2D eigenvalue weighted by molar-refractivity contribution is 0.261. The van der Waals surface area contributed by atoms with Gasteiger partial charge in [-0.25, -0.2) is 3.11 Å². The smallest absolute Gasteiger partial charge is 0.0631 e. The quantitative estimate of drug-likeness (QED) is 0.590. The first-order valence-corrected chi connectivity index (χ1v) is 7.04. The molecule has 1 aliphatic heterocycles. The minimum Gasteiger partial charge on any atom is -0.247 e. The monoisotopic (exact) mass is 360 g/mol. The molecule has 1 aromatic rings. The highest BCUT2D eigenvalue weighted by molar-refractivity contribution is 14.1. The molecule has 0 aliphatic carbocycles. The molecule has 1 fully saturated rings. The van der Waals surface area contributed by atoms with Crippen molar-refractivity contribution in [2.45, 2.75) is 24.7 Å². The van der Waals surface area contributed by atoms with E-state index in [1.165, 1.54) is 5.56 Å². The Hall–Kier alpha value is -0.310. The van der Waals surface area contributed by atoms with Crippen molar-refractivity contribution in [2.24, 2.45) is 0 Å². The van der Waals surface area contributed by atoms with Crippen molar-refractivity contribution in [3.8, 4) is 6.07 Å². The third-order valence-corrected chi connectivity index (χ3v) is 4.76. The van der Waals surface area contributed by atoms with Gasteiger partial charge in [0.2, 0.25) is 0 Å². The molecule has 0 bridgehead atoms. The molecule has 0 unspecified atom stereocenters. The number of nitrogens with zero attached hydrogens (tertiary/aromatic N) is 2. The number of nitriles is 1. The van der Waals surface area contributed by atoms with E-state index in [0.717, 1.165) is 31.0 Å². The second-order valence-electron chi connectivity index (χ2n) is 4.53.